The molecule has 76 valence electrons. The molecule has 1 atom stereocenters. The van der Waals surface area contributed by atoms with Crippen LogP contribution in [0, 0.1) is 0 Å². The van der Waals surface area contributed by atoms with E-state index in [0.29, 0.717) is 6.54 Å². The zero-order chi connectivity index (χ0) is 10.3. The van der Waals surface area contributed by atoms with Gasteiger partial charge in [-0.25, -0.2) is 4.79 Å². The lowest BCUT2D eigenvalue weighted by molar-refractivity contribution is 0.141. The lowest BCUT2D eigenvalue weighted by Crippen LogP contribution is -2.12. The number of rotatable bonds is 1. The SMILES string of the molecule is O=C1NCC(c2cccc3cn[nH]c23)O1. The number of cyclic esters (lactones) is 1. The number of H-pyrrole nitrogens is 1. The van der Waals surface area contributed by atoms with E-state index in [1.54, 1.807) is 6.20 Å². The fraction of sp³-hybridized carbons (Fsp3) is 0.200. The van der Waals surface area contributed by atoms with Crippen LogP contribution in [0.25, 0.3) is 10.9 Å². The predicted molar refractivity (Wildman–Crippen MR) is 53.3 cm³/mol. The van der Waals surface area contributed by atoms with Crippen molar-refractivity contribution in [2.75, 3.05) is 6.54 Å². The summed E-state index contributed by atoms with van der Waals surface area (Å²) in [6, 6.07) is 5.83. The van der Waals surface area contributed by atoms with Crippen LogP contribution in [0.1, 0.15) is 11.7 Å². The van der Waals surface area contributed by atoms with Gasteiger partial charge in [-0.3, -0.25) is 5.10 Å². The lowest BCUT2D eigenvalue weighted by Gasteiger charge is -2.08. The Labute approximate surface area is 85.4 Å². The number of para-hydroxylation sites is 1. The monoisotopic (exact) mass is 203 g/mol. The second-order valence-electron chi connectivity index (χ2n) is 3.46. The highest BCUT2D eigenvalue weighted by atomic mass is 16.6. The molecule has 2 heterocycles. The van der Waals surface area contributed by atoms with Gasteiger partial charge in [-0.1, -0.05) is 18.2 Å². The predicted octanol–water partition coefficient (Wildman–Crippen LogP) is 1.34. The first-order valence-corrected chi connectivity index (χ1v) is 4.71. The molecule has 5 heteroatoms. The fourth-order valence-electron chi connectivity index (χ4n) is 1.82. The van der Waals surface area contributed by atoms with E-state index >= 15 is 0 Å². The van der Waals surface area contributed by atoms with Crippen LogP contribution in [-0.4, -0.2) is 22.8 Å². The summed E-state index contributed by atoms with van der Waals surface area (Å²) < 4.78 is 5.13. The van der Waals surface area contributed by atoms with Gasteiger partial charge < -0.3 is 10.1 Å². The zero-order valence-corrected chi connectivity index (χ0v) is 7.86. The highest BCUT2D eigenvalue weighted by molar-refractivity contribution is 5.82. The third-order valence-electron chi connectivity index (χ3n) is 2.54. The number of nitrogens with zero attached hydrogens (tertiary/aromatic N) is 1. The van der Waals surface area contributed by atoms with Gasteiger partial charge in [0.05, 0.1) is 18.3 Å². The minimum Gasteiger partial charge on any atom is -0.439 e. The average molecular weight is 203 g/mol. The first-order chi connectivity index (χ1) is 7.34. The minimum absolute atomic E-state index is 0.221. The Hall–Kier alpha value is -2.04. The van der Waals surface area contributed by atoms with Crippen LogP contribution in [0.4, 0.5) is 4.79 Å². The molecule has 0 bridgehead atoms. The lowest BCUT2D eigenvalue weighted by atomic mass is 10.1. The van der Waals surface area contributed by atoms with Crippen LogP contribution >= 0.6 is 0 Å². The van der Waals surface area contributed by atoms with Crippen molar-refractivity contribution in [2.45, 2.75) is 6.10 Å². The Balaban J connectivity index is 2.10. The van der Waals surface area contributed by atoms with Crippen molar-refractivity contribution in [1.29, 1.82) is 0 Å². The molecule has 0 radical (unpaired) electrons. The molecule has 1 aliphatic rings. The molecule has 15 heavy (non-hydrogen) atoms. The van der Waals surface area contributed by atoms with E-state index in [1.807, 2.05) is 18.2 Å². The number of alkyl carbamates (subject to hydrolysis) is 1. The molecule has 1 aromatic heterocycles. The molecule has 3 rings (SSSR count). The topological polar surface area (TPSA) is 67.0 Å². The van der Waals surface area contributed by atoms with Crippen molar-refractivity contribution < 1.29 is 9.53 Å². The van der Waals surface area contributed by atoms with Crippen molar-refractivity contribution in [2.24, 2.45) is 0 Å². The number of fused-ring (bicyclic) bond motifs is 1. The second kappa shape index (κ2) is 2.98. The first kappa shape index (κ1) is 8.28. The fourth-order valence-corrected chi connectivity index (χ4v) is 1.82. The van der Waals surface area contributed by atoms with E-state index in [1.165, 1.54) is 0 Å². The summed E-state index contributed by atoms with van der Waals surface area (Å²) in [7, 11) is 0. The molecule has 1 amide bonds. The molecular formula is C10H9N3O2. The number of nitrogens with one attached hydrogen (secondary N) is 2. The number of amides is 1. The van der Waals surface area contributed by atoms with Crippen molar-refractivity contribution in [3.8, 4) is 0 Å². The zero-order valence-electron chi connectivity index (χ0n) is 7.86. The summed E-state index contributed by atoms with van der Waals surface area (Å²) in [5.74, 6) is 0. The van der Waals surface area contributed by atoms with Crippen molar-refractivity contribution in [3.05, 3.63) is 30.0 Å². The van der Waals surface area contributed by atoms with Gasteiger partial charge in [-0.15, -0.1) is 0 Å². The number of carbonyl (C=O) groups excluding carboxylic acids is 1. The summed E-state index contributed by atoms with van der Waals surface area (Å²) in [6.45, 7) is 0.511. The molecule has 0 aliphatic carbocycles. The molecule has 5 nitrogen and oxygen atoms in total. The van der Waals surface area contributed by atoms with Gasteiger partial charge >= 0.3 is 6.09 Å². The maximum atomic E-state index is 10.9. The summed E-state index contributed by atoms with van der Waals surface area (Å²) in [6.07, 6.45) is 1.17. The van der Waals surface area contributed by atoms with Crippen LogP contribution in [0.5, 0.6) is 0 Å². The molecule has 0 saturated carbocycles. The molecule has 0 spiro atoms. The summed E-state index contributed by atoms with van der Waals surface area (Å²) >= 11 is 0. The van der Waals surface area contributed by atoms with Gasteiger partial charge in [0.15, 0.2) is 0 Å². The molecule has 1 unspecified atom stereocenters. The maximum Gasteiger partial charge on any atom is 0.407 e. The first-order valence-electron chi connectivity index (χ1n) is 4.71. The Bertz CT molecular complexity index is 520. The maximum absolute atomic E-state index is 10.9. The van der Waals surface area contributed by atoms with Gasteiger partial charge in [0.1, 0.15) is 6.10 Å². The van der Waals surface area contributed by atoms with Crippen molar-refractivity contribution >= 4 is 17.0 Å². The molecule has 2 aromatic rings. The quantitative estimate of drug-likeness (QED) is 0.735. The Morgan fingerprint density at radius 2 is 2.40 bits per heavy atom. The molecule has 1 aromatic carbocycles. The summed E-state index contributed by atoms with van der Waals surface area (Å²) in [5, 5.41) is 10.5. The number of aromatic nitrogens is 2. The molecule has 2 N–H and O–H groups in total. The Kier molecular flexibility index (Phi) is 1.65. The molecular weight excluding hydrogens is 194 g/mol. The average Bonchev–Trinajstić information content (AvgIpc) is 2.84. The third-order valence-corrected chi connectivity index (χ3v) is 2.54. The third kappa shape index (κ3) is 1.24. The smallest absolute Gasteiger partial charge is 0.407 e. The van der Waals surface area contributed by atoms with Crippen LogP contribution in [-0.2, 0) is 4.74 Å². The van der Waals surface area contributed by atoms with Crippen LogP contribution in [0.3, 0.4) is 0 Å². The van der Waals surface area contributed by atoms with Gasteiger partial charge in [-0.2, -0.15) is 5.10 Å². The number of carbonyl (C=O) groups is 1. The molecule has 1 fully saturated rings. The Morgan fingerprint density at radius 1 is 1.47 bits per heavy atom. The normalized spacial score (nSPS) is 20.3. The minimum atomic E-state index is -0.364. The van der Waals surface area contributed by atoms with Gasteiger partial charge in [0, 0.05) is 10.9 Å². The number of hydrogen-bond acceptors (Lipinski definition) is 3. The van der Waals surface area contributed by atoms with Crippen LogP contribution in [0.2, 0.25) is 0 Å². The number of benzene rings is 1. The van der Waals surface area contributed by atoms with Gasteiger partial charge in [0.2, 0.25) is 0 Å². The van der Waals surface area contributed by atoms with E-state index in [2.05, 4.69) is 15.5 Å². The van der Waals surface area contributed by atoms with Crippen LogP contribution in [0.15, 0.2) is 24.4 Å². The number of ether oxygens (including phenoxy) is 1. The van der Waals surface area contributed by atoms with E-state index < -0.39 is 0 Å². The second-order valence-corrected chi connectivity index (χ2v) is 3.46. The van der Waals surface area contributed by atoms with Gasteiger partial charge in [-0.05, 0) is 0 Å². The molecule has 1 saturated heterocycles. The van der Waals surface area contributed by atoms with E-state index in [0.717, 1.165) is 16.5 Å². The van der Waals surface area contributed by atoms with Crippen molar-refractivity contribution in [3.63, 3.8) is 0 Å². The molecule has 1 aliphatic heterocycles. The van der Waals surface area contributed by atoms with Crippen molar-refractivity contribution in [1.82, 2.24) is 15.5 Å². The Morgan fingerprint density at radius 3 is 3.20 bits per heavy atom. The standard InChI is InChI=1S/C10H9N3O2/c14-10-11-5-8(15-10)7-3-1-2-6-4-12-13-9(6)7/h1-4,8H,5H2,(H,11,14)(H,12,13). The van der Waals surface area contributed by atoms with Crippen LogP contribution < -0.4 is 5.32 Å². The van der Waals surface area contributed by atoms with Gasteiger partial charge in [0.25, 0.3) is 0 Å². The van der Waals surface area contributed by atoms with E-state index in [-0.39, 0.29) is 12.2 Å². The van der Waals surface area contributed by atoms with E-state index in [9.17, 15) is 4.79 Å². The highest BCUT2D eigenvalue weighted by Crippen LogP contribution is 2.26. The summed E-state index contributed by atoms with van der Waals surface area (Å²) in [4.78, 5) is 10.9. The largest absolute Gasteiger partial charge is 0.439 e. The number of hydrogen-bond donors (Lipinski definition) is 2. The van der Waals surface area contributed by atoms with E-state index in [4.69, 9.17) is 4.74 Å². The summed E-state index contributed by atoms with van der Waals surface area (Å²) in [5.41, 5.74) is 1.89. The highest BCUT2D eigenvalue weighted by Gasteiger charge is 2.25. The number of aromatic amines is 1.